The van der Waals surface area contributed by atoms with Crippen LogP contribution in [0.3, 0.4) is 0 Å². The van der Waals surface area contributed by atoms with Gasteiger partial charge >= 0.3 is 0 Å². The fourth-order valence-electron chi connectivity index (χ4n) is 1.97. The maximum atomic E-state index is 12.6. The van der Waals surface area contributed by atoms with Gasteiger partial charge in [-0.3, -0.25) is 9.20 Å². The first-order chi connectivity index (χ1) is 9.58. The lowest BCUT2D eigenvalue weighted by Gasteiger charge is -2.12. The molecule has 0 saturated carbocycles. The van der Waals surface area contributed by atoms with Crippen molar-refractivity contribution in [3.8, 4) is 5.88 Å². The summed E-state index contributed by atoms with van der Waals surface area (Å²) in [5.74, 6) is 0.460. The summed E-state index contributed by atoms with van der Waals surface area (Å²) in [6, 6.07) is 1.87. The minimum atomic E-state index is -0.0649. The minimum absolute atomic E-state index is 0.0649. The number of halogens is 2. The largest absolute Gasteiger partial charge is 0.477 e. The summed E-state index contributed by atoms with van der Waals surface area (Å²) < 4.78 is 8.79. The van der Waals surface area contributed by atoms with E-state index < -0.39 is 0 Å². The molecule has 0 fully saturated rings. The smallest absolute Gasteiger partial charge is 0.264 e. The number of ether oxygens (including phenoxy) is 1. The van der Waals surface area contributed by atoms with Gasteiger partial charge in [0.1, 0.15) is 0 Å². The Kier molecular flexibility index (Phi) is 5.21. The molecule has 0 bridgehead atoms. The van der Waals surface area contributed by atoms with Gasteiger partial charge in [0.2, 0.25) is 5.88 Å². The third-order valence-corrected chi connectivity index (χ3v) is 3.86. The van der Waals surface area contributed by atoms with Gasteiger partial charge in [0.15, 0.2) is 5.65 Å². The Balaban J connectivity index is 2.71. The summed E-state index contributed by atoms with van der Waals surface area (Å²) in [4.78, 5) is 17.1. The maximum Gasteiger partial charge on any atom is 0.264 e. The van der Waals surface area contributed by atoms with E-state index in [2.05, 4.69) is 36.8 Å². The number of aromatic nitrogens is 2. The highest BCUT2D eigenvalue weighted by Gasteiger charge is 2.15. The lowest BCUT2D eigenvalue weighted by Crippen LogP contribution is -2.22. The first kappa shape index (κ1) is 15.5. The molecule has 2 aromatic rings. The van der Waals surface area contributed by atoms with Crippen molar-refractivity contribution in [1.82, 2.24) is 9.38 Å². The third-order valence-electron chi connectivity index (χ3n) is 2.84. The highest BCUT2D eigenvalue weighted by atomic mass is 79.9. The Morgan fingerprint density at radius 1 is 1.30 bits per heavy atom. The molecule has 20 heavy (non-hydrogen) atoms. The van der Waals surface area contributed by atoms with E-state index in [9.17, 15) is 4.79 Å². The molecule has 0 unspecified atom stereocenters. The zero-order valence-electron chi connectivity index (χ0n) is 11.4. The van der Waals surface area contributed by atoms with E-state index in [0.29, 0.717) is 30.1 Å². The Hall–Kier alpha value is -0.880. The Morgan fingerprint density at radius 2 is 2.05 bits per heavy atom. The monoisotopic (exact) mass is 402 g/mol. The lowest BCUT2D eigenvalue weighted by molar-refractivity contribution is 0.301. The molecule has 4 nitrogen and oxygen atoms in total. The molecule has 0 aliphatic rings. The van der Waals surface area contributed by atoms with E-state index in [1.165, 1.54) is 0 Å². The van der Waals surface area contributed by atoms with Crippen LogP contribution in [-0.4, -0.2) is 16.0 Å². The third kappa shape index (κ3) is 3.06. The highest BCUT2D eigenvalue weighted by molar-refractivity contribution is 9.11. The summed E-state index contributed by atoms with van der Waals surface area (Å²) in [5.41, 5.74) is 1.15. The fourth-order valence-corrected chi connectivity index (χ4v) is 3.23. The van der Waals surface area contributed by atoms with Crippen LogP contribution in [0.2, 0.25) is 0 Å². The molecule has 0 saturated heterocycles. The van der Waals surface area contributed by atoms with E-state index in [4.69, 9.17) is 4.74 Å². The normalized spacial score (nSPS) is 11.0. The number of pyridine rings is 1. The summed E-state index contributed by atoms with van der Waals surface area (Å²) in [6.45, 7) is 4.63. The van der Waals surface area contributed by atoms with Gasteiger partial charge in [0.25, 0.3) is 5.56 Å². The molecule has 0 radical (unpaired) electrons. The molecule has 0 amide bonds. The SMILES string of the molecule is CCCOc1nc2c(Br)cc(Br)cn2c(=O)c1CCC. The van der Waals surface area contributed by atoms with Crippen LogP contribution in [0.15, 0.2) is 26.0 Å². The number of rotatable bonds is 5. The molecular formula is C14H16Br2N2O2. The van der Waals surface area contributed by atoms with Crippen LogP contribution < -0.4 is 10.3 Å². The van der Waals surface area contributed by atoms with E-state index in [1.807, 2.05) is 19.9 Å². The Morgan fingerprint density at radius 3 is 2.70 bits per heavy atom. The van der Waals surface area contributed by atoms with Crippen molar-refractivity contribution in [2.24, 2.45) is 0 Å². The van der Waals surface area contributed by atoms with Gasteiger partial charge in [0.05, 0.1) is 16.6 Å². The average molecular weight is 404 g/mol. The minimum Gasteiger partial charge on any atom is -0.477 e. The summed E-state index contributed by atoms with van der Waals surface area (Å²) >= 11 is 6.83. The zero-order chi connectivity index (χ0) is 14.7. The molecule has 0 spiro atoms. The van der Waals surface area contributed by atoms with Gasteiger partial charge in [-0.05, 0) is 50.8 Å². The quantitative estimate of drug-likeness (QED) is 0.758. The summed E-state index contributed by atoms with van der Waals surface area (Å²) in [7, 11) is 0. The van der Waals surface area contributed by atoms with Crippen molar-refractivity contribution < 1.29 is 4.74 Å². The van der Waals surface area contributed by atoms with Crippen LogP contribution in [0.1, 0.15) is 32.3 Å². The number of nitrogens with zero attached hydrogens (tertiary/aromatic N) is 2. The topological polar surface area (TPSA) is 43.6 Å². The molecule has 0 aliphatic carbocycles. The molecule has 2 rings (SSSR count). The second kappa shape index (κ2) is 6.72. The van der Waals surface area contributed by atoms with E-state index >= 15 is 0 Å². The van der Waals surface area contributed by atoms with Gasteiger partial charge in [-0.15, -0.1) is 0 Å². The van der Waals surface area contributed by atoms with Crippen LogP contribution in [0, 0.1) is 0 Å². The maximum absolute atomic E-state index is 12.6. The fraction of sp³-hybridized carbons (Fsp3) is 0.429. The zero-order valence-corrected chi connectivity index (χ0v) is 14.6. The van der Waals surface area contributed by atoms with Gasteiger partial charge in [-0.25, -0.2) is 0 Å². The van der Waals surface area contributed by atoms with E-state index in [1.54, 1.807) is 10.6 Å². The predicted molar refractivity (Wildman–Crippen MR) is 86.6 cm³/mol. The van der Waals surface area contributed by atoms with Crippen molar-refractivity contribution in [1.29, 1.82) is 0 Å². The van der Waals surface area contributed by atoms with Crippen molar-refractivity contribution in [2.75, 3.05) is 6.61 Å². The van der Waals surface area contributed by atoms with Gasteiger partial charge in [-0.1, -0.05) is 20.3 Å². The number of fused-ring (bicyclic) bond motifs is 1. The second-order valence-corrected chi connectivity index (χ2v) is 6.27. The Labute approximate surface area is 134 Å². The van der Waals surface area contributed by atoms with Gasteiger partial charge in [0, 0.05) is 10.7 Å². The lowest BCUT2D eigenvalue weighted by atomic mass is 10.2. The summed E-state index contributed by atoms with van der Waals surface area (Å²) in [6.07, 6.45) is 4.16. The molecule has 0 N–H and O–H groups in total. The van der Waals surface area contributed by atoms with E-state index in [0.717, 1.165) is 21.8 Å². The molecular weight excluding hydrogens is 388 g/mol. The molecule has 0 aliphatic heterocycles. The van der Waals surface area contributed by atoms with Crippen molar-refractivity contribution in [2.45, 2.75) is 33.1 Å². The molecule has 2 aromatic heterocycles. The first-order valence-corrected chi connectivity index (χ1v) is 8.20. The van der Waals surface area contributed by atoms with Crippen LogP contribution in [0.5, 0.6) is 5.88 Å². The number of hydrogen-bond acceptors (Lipinski definition) is 3. The summed E-state index contributed by atoms with van der Waals surface area (Å²) in [5, 5.41) is 0. The standard InChI is InChI=1S/C14H16Br2N2O2/c1-3-5-10-13(20-6-4-2)17-12-11(16)7-9(15)8-18(12)14(10)19/h7-8H,3-6H2,1-2H3. The molecule has 0 aromatic carbocycles. The van der Waals surface area contributed by atoms with Gasteiger partial charge < -0.3 is 4.74 Å². The molecule has 2 heterocycles. The van der Waals surface area contributed by atoms with Crippen LogP contribution in [0.4, 0.5) is 0 Å². The molecule has 0 atom stereocenters. The van der Waals surface area contributed by atoms with Crippen molar-refractivity contribution >= 4 is 37.5 Å². The predicted octanol–water partition coefficient (Wildman–Crippen LogP) is 3.96. The van der Waals surface area contributed by atoms with Crippen molar-refractivity contribution in [3.05, 3.63) is 37.1 Å². The van der Waals surface area contributed by atoms with Crippen LogP contribution in [-0.2, 0) is 6.42 Å². The van der Waals surface area contributed by atoms with Gasteiger partial charge in [-0.2, -0.15) is 4.98 Å². The first-order valence-electron chi connectivity index (χ1n) is 6.61. The van der Waals surface area contributed by atoms with Crippen molar-refractivity contribution in [3.63, 3.8) is 0 Å². The molecule has 108 valence electrons. The second-order valence-electron chi connectivity index (χ2n) is 4.50. The van der Waals surface area contributed by atoms with E-state index in [-0.39, 0.29) is 5.56 Å². The highest BCUT2D eigenvalue weighted by Crippen LogP contribution is 2.24. The Bertz CT molecular complexity index is 683. The number of hydrogen-bond donors (Lipinski definition) is 0. The molecule has 6 heteroatoms. The average Bonchev–Trinajstić information content (AvgIpc) is 2.41. The van der Waals surface area contributed by atoms with Crippen LogP contribution in [0.25, 0.3) is 5.65 Å². The van der Waals surface area contributed by atoms with Crippen LogP contribution >= 0.6 is 31.9 Å².